The minimum Gasteiger partial charge on any atom is -0.382 e. The van der Waals surface area contributed by atoms with E-state index in [2.05, 4.69) is 5.32 Å². The highest BCUT2D eigenvalue weighted by Crippen LogP contribution is 2.29. The van der Waals surface area contributed by atoms with Gasteiger partial charge in [0.1, 0.15) is 0 Å². The molecule has 0 heterocycles. The molecule has 0 spiro atoms. The molecule has 0 bridgehead atoms. The summed E-state index contributed by atoms with van der Waals surface area (Å²) in [6.07, 6.45) is 0. The quantitative estimate of drug-likeness (QED) is 0.841. The van der Waals surface area contributed by atoms with Gasteiger partial charge in [0.25, 0.3) is 5.91 Å². The van der Waals surface area contributed by atoms with Gasteiger partial charge in [-0.3, -0.25) is 4.79 Å². The molecule has 1 aromatic rings. The van der Waals surface area contributed by atoms with Gasteiger partial charge in [-0.05, 0) is 26.0 Å². The van der Waals surface area contributed by atoms with Crippen LogP contribution in [0.15, 0.2) is 17.0 Å². The van der Waals surface area contributed by atoms with E-state index in [9.17, 15) is 13.2 Å². The third kappa shape index (κ3) is 4.82. The number of carbonyl (C=O) groups excluding carboxylic acids is 1. The molecule has 1 aromatic carbocycles. The van der Waals surface area contributed by atoms with Gasteiger partial charge in [0.15, 0.2) is 0 Å². The lowest BCUT2D eigenvalue weighted by Gasteiger charge is -2.25. The molecule has 0 saturated carbocycles. The fourth-order valence-corrected chi connectivity index (χ4v) is 2.71. The molecule has 1 amide bonds. The summed E-state index contributed by atoms with van der Waals surface area (Å²) in [5.74, 6) is -0.575. The molecule has 0 unspecified atom stereocenters. The van der Waals surface area contributed by atoms with E-state index in [-0.39, 0.29) is 27.1 Å². The monoisotopic (exact) mass is 354 g/mol. The molecule has 21 heavy (non-hydrogen) atoms. The molecule has 0 fully saturated rings. The number of amides is 1. The maximum Gasteiger partial charge on any atom is 0.253 e. The van der Waals surface area contributed by atoms with Crippen molar-refractivity contribution in [2.24, 2.45) is 5.14 Å². The molecule has 1 rings (SSSR count). The highest BCUT2D eigenvalue weighted by molar-refractivity contribution is 7.89. The minimum atomic E-state index is -4.00. The summed E-state index contributed by atoms with van der Waals surface area (Å²) >= 11 is 11.8. The van der Waals surface area contributed by atoms with E-state index >= 15 is 0 Å². The first-order valence-electron chi connectivity index (χ1n) is 5.81. The van der Waals surface area contributed by atoms with Crippen molar-refractivity contribution in [1.29, 1.82) is 0 Å². The zero-order chi connectivity index (χ0) is 16.4. The molecule has 0 saturated heterocycles. The normalized spacial score (nSPS) is 12.3. The maximum atomic E-state index is 12.2. The second-order valence-electron chi connectivity index (χ2n) is 5.08. The molecule has 0 aliphatic heterocycles. The van der Waals surface area contributed by atoms with Crippen molar-refractivity contribution in [3.8, 4) is 0 Å². The Kier molecular flexibility index (Phi) is 5.63. The topological polar surface area (TPSA) is 98.5 Å². The second kappa shape index (κ2) is 6.50. The Hall–Kier alpha value is -0.860. The van der Waals surface area contributed by atoms with Gasteiger partial charge >= 0.3 is 0 Å². The van der Waals surface area contributed by atoms with Crippen LogP contribution in [-0.4, -0.2) is 33.6 Å². The SMILES string of the molecule is COCC(C)(C)NC(=O)c1cc(S(N)(=O)=O)cc(Cl)c1Cl. The molecular formula is C12H16Cl2N2O4S. The summed E-state index contributed by atoms with van der Waals surface area (Å²) in [6, 6.07) is 2.18. The van der Waals surface area contributed by atoms with Gasteiger partial charge in [-0.1, -0.05) is 23.2 Å². The first-order valence-corrected chi connectivity index (χ1v) is 8.11. The zero-order valence-electron chi connectivity index (χ0n) is 11.7. The van der Waals surface area contributed by atoms with Gasteiger partial charge in [0.05, 0.1) is 32.7 Å². The first kappa shape index (κ1) is 18.2. The molecule has 0 aliphatic rings. The fraction of sp³-hybridized carbons (Fsp3) is 0.417. The van der Waals surface area contributed by atoms with Gasteiger partial charge in [-0.25, -0.2) is 13.6 Å². The van der Waals surface area contributed by atoms with Crippen LogP contribution >= 0.6 is 23.2 Å². The number of ether oxygens (including phenoxy) is 1. The van der Waals surface area contributed by atoms with Gasteiger partial charge in [0, 0.05) is 7.11 Å². The Balaban J connectivity index is 3.24. The van der Waals surface area contributed by atoms with E-state index in [1.54, 1.807) is 13.8 Å². The van der Waals surface area contributed by atoms with Crippen LogP contribution in [0.1, 0.15) is 24.2 Å². The highest BCUT2D eigenvalue weighted by atomic mass is 35.5. The van der Waals surface area contributed by atoms with Crippen molar-refractivity contribution >= 4 is 39.1 Å². The molecule has 0 atom stereocenters. The number of rotatable bonds is 5. The van der Waals surface area contributed by atoms with Crippen LogP contribution in [0, 0.1) is 0 Å². The number of nitrogens with two attached hydrogens (primary N) is 1. The largest absolute Gasteiger partial charge is 0.382 e. The molecule has 0 aliphatic carbocycles. The minimum absolute atomic E-state index is 0.0465. The predicted molar refractivity (Wildman–Crippen MR) is 81.3 cm³/mol. The van der Waals surface area contributed by atoms with Gasteiger partial charge in [-0.15, -0.1) is 0 Å². The third-order valence-electron chi connectivity index (χ3n) is 2.53. The van der Waals surface area contributed by atoms with Crippen LogP contribution in [0.3, 0.4) is 0 Å². The van der Waals surface area contributed by atoms with Crippen molar-refractivity contribution in [3.05, 3.63) is 27.7 Å². The van der Waals surface area contributed by atoms with Crippen molar-refractivity contribution in [1.82, 2.24) is 5.32 Å². The number of benzene rings is 1. The Morgan fingerprint density at radius 3 is 2.43 bits per heavy atom. The summed E-state index contributed by atoms with van der Waals surface area (Å²) in [5.41, 5.74) is -0.739. The number of halogens is 2. The molecule has 9 heteroatoms. The number of hydrogen-bond acceptors (Lipinski definition) is 4. The van der Waals surface area contributed by atoms with E-state index < -0.39 is 21.5 Å². The lowest BCUT2D eigenvalue weighted by atomic mass is 10.1. The molecular weight excluding hydrogens is 339 g/mol. The number of hydrogen-bond donors (Lipinski definition) is 2. The average molecular weight is 355 g/mol. The summed E-state index contributed by atoms with van der Waals surface area (Å²) in [7, 11) is -2.50. The number of sulfonamides is 1. The van der Waals surface area contributed by atoms with Gasteiger partial charge in [0.2, 0.25) is 10.0 Å². The van der Waals surface area contributed by atoms with Crippen molar-refractivity contribution in [3.63, 3.8) is 0 Å². The van der Waals surface area contributed by atoms with E-state index in [4.69, 9.17) is 33.1 Å². The third-order valence-corrected chi connectivity index (χ3v) is 4.23. The number of carbonyl (C=O) groups is 1. The van der Waals surface area contributed by atoms with E-state index in [1.165, 1.54) is 7.11 Å². The van der Waals surface area contributed by atoms with E-state index in [0.29, 0.717) is 0 Å². The van der Waals surface area contributed by atoms with Gasteiger partial charge in [-0.2, -0.15) is 0 Å². The molecule has 0 aromatic heterocycles. The summed E-state index contributed by atoms with van der Waals surface area (Å²) in [4.78, 5) is 12.0. The summed E-state index contributed by atoms with van der Waals surface area (Å²) in [5, 5.41) is 7.60. The first-order chi connectivity index (χ1) is 9.48. The van der Waals surface area contributed by atoms with E-state index in [0.717, 1.165) is 12.1 Å². The second-order valence-corrected chi connectivity index (χ2v) is 7.43. The number of nitrogens with one attached hydrogen (secondary N) is 1. The lowest BCUT2D eigenvalue weighted by molar-refractivity contribution is 0.0820. The molecule has 6 nitrogen and oxygen atoms in total. The Morgan fingerprint density at radius 2 is 1.95 bits per heavy atom. The number of methoxy groups -OCH3 is 1. The Labute approximate surface area is 133 Å². The highest BCUT2D eigenvalue weighted by Gasteiger charge is 2.24. The van der Waals surface area contributed by atoms with Gasteiger partial charge < -0.3 is 10.1 Å². The summed E-state index contributed by atoms with van der Waals surface area (Å²) in [6.45, 7) is 3.75. The number of primary sulfonamides is 1. The van der Waals surface area contributed by atoms with Crippen molar-refractivity contribution in [2.75, 3.05) is 13.7 Å². The summed E-state index contributed by atoms with van der Waals surface area (Å²) < 4.78 is 27.8. The Bertz CT molecular complexity index is 659. The molecule has 118 valence electrons. The lowest BCUT2D eigenvalue weighted by Crippen LogP contribution is -2.46. The van der Waals surface area contributed by atoms with E-state index in [1.807, 2.05) is 0 Å². The zero-order valence-corrected chi connectivity index (χ0v) is 14.1. The van der Waals surface area contributed by atoms with Crippen LogP contribution in [0.4, 0.5) is 0 Å². The van der Waals surface area contributed by atoms with Crippen LogP contribution in [0.2, 0.25) is 10.0 Å². The smallest absolute Gasteiger partial charge is 0.253 e. The molecule has 3 N–H and O–H groups in total. The van der Waals surface area contributed by atoms with Crippen LogP contribution < -0.4 is 10.5 Å². The van der Waals surface area contributed by atoms with Crippen LogP contribution in [0.5, 0.6) is 0 Å². The fourth-order valence-electron chi connectivity index (χ4n) is 1.67. The predicted octanol–water partition coefficient (Wildman–Crippen LogP) is 1.80. The average Bonchev–Trinajstić information content (AvgIpc) is 2.29. The Morgan fingerprint density at radius 1 is 1.38 bits per heavy atom. The van der Waals surface area contributed by atoms with Crippen molar-refractivity contribution in [2.45, 2.75) is 24.3 Å². The standard InChI is InChI=1S/C12H16Cl2N2O4S/c1-12(2,6-20-3)16-11(17)8-4-7(21(15,18)19)5-9(13)10(8)14/h4-5H,6H2,1-3H3,(H,16,17)(H2,15,18,19). The van der Waals surface area contributed by atoms with Crippen LogP contribution in [0.25, 0.3) is 0 Å². The van der Waals surface area contributed by atoms with Crippen LogP contribution in [-0.2, 0) is 14.8 Å². The maximum absolute atomic E-state index is 12.2. The molecule has 0 radical (unpaired) electrons. The van der Waals surface area contributed by atoms with Crippen molar-refractivity contribution < 1.29 is 17.9 Å².